The van der Waals surface area contributed by atoms with Gasteiger partial charge in [0.2, 0.25) is 0 Å². The summed E-state index contributed by atoms with van der Waals surface area (Å²) >= 11 is 0. The average molecular weight is 429 g/mol. The quantitative estimate of drug-likeness (QED) is 0.662. The molecule has 1 aliphatic heterocycles. The number of pyridine rings is 2. The van der Waals surface area contributed by atoms with E-state index in [1.54, 1.807) is 7.11 Å². The number of rotatable bonds is 7. The Morgan fingerprint density at radius 1 is 1.29 bits per heavy atom. The van der Waals surface area contributed by atoms with Gasteiger partial charge in [-0.2, -0.15) is 0 Å². The Balaban J connectivity index is 2.18. The highest BCUT2D eigenvalue weighted by Crippen LogP contribution is 2.43. The molecule has 0 bridgehead atoms. The molecule has 0 spiro atoms. The number of aromatic carboxylic acids is 1. The predicted octanol–water partition coefficient (Wildman–Crippen LogP) is 4.29. The van der Waals surface area contributed by atoms with E-state index in [4.69, 9.17) is 14.5 Å². The minimum Gasteiger partial charge on any atom is -0.492 e. The second-order valence-corrected chi connectivity index (χ2v) is 9.46. The molecule has 7 heteroatoms. The van der Waals surface area contributed by atoms with Crippen molar-refractivity contribution in [1.82, 2.24) is 9.55 Å². The van der Waals surface area contributed by atoms with E-state index >= 15 is 0 Å². The molecule has 0 aliphatic carbocycles. The Kier molecular flexibility index (Phi) is 6.55. The molecule has 2 aromatic rings. The molecule has 7 nitrogen and oxygen atoms in total. The van der Waals surface area contributed by atoms with Crippen LogP contribution in [0.2, 0.25) is 0 Å². The maximum atomic E-state index is 12.5. The van der Waals surface area contributed by atoms with Gasteiger partial charge in [0, 0.05) is 38.4 Å². The first-order valence-corrected chi connectivity index (χ1v) is 10.7. The third-order valence-corrected chi connectivity index (χ3v) is 5.69. The first-order chi connectivity index (χ1) is 14.5. The van der Waals surface area contributed by atoms with Gasteiger partial charge in [0.25, 0.3) is 0 Å². The molecule has 1 atom stereocenters. The number of aromatic nitrogens is 2. The maximum absolute atomic E-state index is 12.5. The largest absolute Gasteiger partial charge is 0.492 e. The topological polar surface area (TPSA) is 90.7 Å². The Morgan fingerprint density at radius 2 is 2.00 bits per heavy atom. The van der Waals surface area contributed by atoms with Crippen LogP contribution in [0.3, 0.4) is 0 Å². The highest BCUT2D eigenvalue weighted by Gasteiger charge is 2.35. The monoisotopic (exact) mass is 428 g/mol. The van der Waals surface area contributed by atoms with Gasteiger partial charge in [0.15, 0.2) is 5.43 Å². The third kappa shape index (κ3) is 4.66. The maximum Gasteiger partial charge on any atom is 0.341 e. The summed E-state index contributed by atoms with van der Waals surface area (Å²) in [4.78, 5) is 29.0. The lowest BCUT2D eigenvalue weighted by Gasteiger charge is -2.38. The van der Waals surface area contributed by atoms with Crippen molar-refractivity contribution in [3.63, 3.8) is 0 Å². The Morgan fingerprint density at radius 3 is 2.58 bits per heavy atom. The van der Waals surface area contributed by atoms with Crippen molar-refractivity contribution in [2.75, 3.05) is 20.3 Å². The molecular formula is C24H32N2O5. The highest BCUT2D eigenvalue weighted by molar-refractivity contribution is 5.87. The Bertz CT molecular complexity index is 1030. The SMILES string of the molecule is COCCCOc1cc2c(nc1C(C)C)-c1cc(=O)c(C(=O)O)cn1[C@H](C(C)(C)C)C2. The van der Waals surface area contributed by atoms with Crippen LogP contribution in [0.1, 0.15) is 74.6 Å². The van der Waals surface area contributed by atoms with Crippen LogP contribution >= 0.6 is 0 Å². The van der Waals surface area contributed by atoms with Crippen molar-refractivity contribution in [2.24, 2.45) is 5.41 Å². The minimum atomic E-state index is -1.21. The van der Waals surface area contributed by atoms with Crippen LogP contribution in [0.15, 0.2) is 23.1 Å². The van der Waals surface area contributed by atoms with Gasteiger partial charge in [-0.05, 0) is 29.4 Å². The van der Waals surface area contributed by atoms with Gasteiger partial charge in [-0.15, -0.1) is 0 Å². The van der Waals surface area contributed by atoms with E-state index in [2.05, 4.69) is 34.6 Å². The fourth-order valence-electron chi connectivity index (χ4n) is 4.03. The van der Waals surface area contributed by atoms with E-state index in [0.29, 0.717) is 25.3 Å². The molecule has 3 rings (SSSR count). The van der Waals surface area contributed by atoms with Gasteiger partial charge in [-0.3, -0.25) is 4.79 Å². The van der Waals surface area contributed by atoms with Crippen molar-refractivity contribution in [3.05, 3.63) is 45.4 Å². The molecule has 0 amide bonds. The molecule has 0 radical (unpaired) electrons. The van der Waals surface area contributed by atoms with E-state index in [1.807, 2.05) is 10.6 Å². The molecule has 0 unspecified atom stereocenters. The van der Waals surface area contributed by atoms with Crippen molar-refractivity contribution in [3.8, 4) is 17.1 Å². The zero-order valence-corrected chi connectivity index (χ0v) is 19.2. The first-order valence-electron chi connectivity index (χ1n) is 10.7. The lowest BCUT2D eigenvalue weighted by molar-refractivity contribution is 0.0693. The zero-order chi connectivity index (χ0) is 22.9. The molecule has 0 aromatic carbocycles. The average Bonchev–Trinajstić information content (AvgIpc) is 2.68. The highest BCUT2D eigenvalue weighted by atomic mass is 16.5. The number of hydrogen-bond donors (Lipinski definition) is 1. The molecule has 0 fully saturated rings. The number of carboxylic acid groups (broad SMARTS) is 1. The van der Waals surface area contributed by atoms with Crippen LogP contribution in [0.4, 0.5) is 0 Å². The molecule has 0 saturated heterocycles. The van der Waals surface area contributed by atoms with Gasteiger partial charge in [0.1, 0.15) is 11.3 Å². The summed E-state index contributed by atoms with van der Waals surface area (Å²) in [6.07, 6.45) is 2.93. The number of ether oxygens (including phenoxy) is 2. The number of carboxylic acids is 1. The molecule has 3 heterocycles. The molecule has 2 aromatic heterocycles. The van der Waals surface area contributed by atoms with E-state index in [9.17, 15) is 14.7 Å². The van der Waals surface area contributed by atoms with Gasteiger partial charge in [-0.25, -0.2) is 9.78 Å². The zero-order valence-electron chi connectivity index (χ0n) is 19.2. The first kappa shape index (κ1) is 23.0. The van der Waals surface area contributed by atoms with Crippen molar-refractivity contribution in [2.45, 2.75) is 59.4 Å². The predicted molar refractivity (Wildman–Crippen MR) is 119 cm³/mol. The second kappa shape index (κ2) is 8.83. The fraction of sp³-hybridized carbons (Fsp3) is 0.542. The van der Waals surface area contributed by atoms with Crippen molar-refractivity contribution in [1.29, 1.82) is 0 Å². The number of methoxy groups -OCH3 is 1. The van der Waals surface area contributed by atoms with Crippen LogP contribution in [-0.4, -0.2) is 41.0 Å². The Hall–Kier alpha value is -2.67. The molecule has 0 saturated carbocycles. The van der Waals surface area contributed by atoms with E-state index < -0.39 is 11.4 Å². The third-order valence-electron chi connectivity index (χ3n) is 5.69. The van der Waals surface area contributed by atoms with E-state index in [0.717, 1.165) is 29.1 Å². The minimum absolute atomic E-state index is 0.0262. The molecule has 1 aliphatic rings. The number of fused-ring (bicyclic) bond motifs is 3. The summed E-state index contributed by atoms with van der Waals surface area (Å²) in [5.41, 5.74) is 2.33. The molecule has 168 valence electrons. The van der Waals surface area contributed by atoms with E-state index in [-0.39, 0.29) is 22.9 Å². The number of hydrogen-bond acceptors (Lipinski definition) is 5. The molecule has 31 heavy (non-hydrogen) atoms. The summed E-state index contributed by atoms with van der Waals surface area (Å²) < 4.78 is 13.1. The Labute approximate surface area is 183 Å². The van der Waals surface area contributed by atoms with Crippen LogP contribution in [0.25, 0.3) is 11.4 Å². The van der Waals surface area contributed by atoms with Crippen LogP contribution in [0, 0.1) is 5.41 Å². The summed E-state index contributed by atoms with van der Waals surface area (Å²) in [7, 11) is 1.67. The van der Waals surface area contributed by atoms with Crippen LogP contribution in [0.5, 0.6) is 5.75 Å². The lowest BCUT2D eigenvalue weighted by atomic mass is 9.79. The lowest BCUT2D eigenvalue weighted by Crippen LogP contribution is -2.33. The number of carbonyl (C=O) groups is 1. The molecular weight excluding hydrogens is 396 g/mol. The summed E-state index contributed by atoms with van der Waals surface area (Å²) in [5, 5.41) is 9.47. The van der Waals surface area contributed by atoms with Gasteiger partial charge in [0.05, 0.1) is 23.7 Å². The summed E-state index contributed by atoms with van der Waals surface area (Å²) in [6.45, 7) is 11.6. The normalized spacial score (nSPS) is 15.5. The van der Waals surface area contributed by atoms with Crippen molar-refractivity contribution >= 4 is 5.97 Å². The summed E-state index contributed by atoms with van der Waals surface area (Å²) in [5.74, 6) is -0.327. The van der Waals surface area contributed by atoms with Gasteiger partial charge < -0.3 is 19.1 Å². The second-order valence-electron chi connectivity index (χ2n) is 9.46. The van der Waals surface area contributed by atoms with Gasteiger partial charge >= 0.3 is 5.97 Å². The van der Waals surface area contributed by atoms with Crippen LogP contribution in [-0.2, 0) is 11.2 Å². The fourth-order valence-corrected chi connectivity index (χ4v) is 4.03. The van der Waals surface area contributed by atoms with Crippen LogP contribution < -0.4 is 10.2 Å². The standard InChI is InChI=1S/C24H32N2O5/c1-14(2)21-19(31-9-7-8-30-6)10-15-11-20(24(3,4)5)26-13-16(23(28)29)18(27)12-17(26)22(15)25-21/h10,12-14,20H,7-9,11H2,1-6H3,(H,28,29)/t20-/m0/s1. The smallest absolute Gasteiger partial charge is 0.341 e. The summed E-state index contributed by atoms with van der Waals surface area (Å²) in [6, 6.07) is 3.43. The number of nitrogens with zero attached hydrogens (tertiary/aromatic N) is 2. The molecule has 1 N–H and O–H groups in total. The van der Waals surface area contributed by atoms with E-state index in [1.165, 1.54) is 12.3 Å². The van der Waals surface area contributed by atoms with Crippen molar-refractivity contribution < 1.29 is 19.4 Å². The van der Waals surface area contributed by atoms with Gasteiger partial charge in [-0.1, -0.05) is 34.6 Å².